The molecule has 1 heterocycles. The van der Waals surface area contributed by atoms with Gasteiger partial charge in [-0.2, -0.15) is 0 Å². The van der Waals surface area contributed by atoms with Gasteiger partial charge in [-0.1, -0.05) is 26.1 Å². The first-order valence-electron chi connectivity index (χ1n) is 1.37. The summed E-state index contributed by atoms with van der Waals surface area (Å²) in [6.45, 7) is 0. The molecule has 0 spiro atoms. The minimum atomic E-state index is 0. The summed E-state index contributed by atoms with van der Waals surface area (Å²) in [4.78, 5) is 7.22. The van der Waals surface area contributed by atoms with Crippen LogP contribution in [-0.2, 0) is 0 Å². The van der Waals surface area contributed by atoms with E-state index in [0.29, 0.717) is 0 Å². The standard InChI is InChI=1S/C3H3N2.CH4.Cs.H/c1-2-5-3-4-1;;;/h1-3H;1H4;;/q-1;;+1;-1. The van der Waals surface area contributed by atoms with Gasteiger partial charge in [-0.15, -0.1) is 0 Å². The van der Waals surface area contributed by atoms with Crippen LogP contribution in [0.5, 0.6) is 0 Å². The molecule has 0 amide bonds. The predicted octanol–water partition coefficient (Wildman–Crippen LogP) is -2.21. The molecule has 0 aliphatic heterocycles. The third-order valence-corrected chi connectivity index (χ3v) is 0.372. The molecule has 0 fully saturated rings. The molecule has 0 atom stereocenters. The summed E-state index contributed by atoms with van der Waals surface area (Å²) in [7, 11) is 0. The van der Waals surface area contributed by atoms with Gasteiger partial charge in [0.2, 0.25) is 0 Å². The zero-order valence-corrected chi connectivity index (χ0v) is 9.91. The van der Waals surface area contributed by atoms with Crippen LogP contribution >= 0.6 is 0 Å². The Bertz CT molecular complexity index is 70.5. The Kier molecular flexibility index (Phi) is 11.5. The SMILES string of the molecule is C.[Cs+].[H-].c1c[n-]cn1. The van der Waals surface area contributed by atoms with Crippen molar-refractivity contribution in [3.05, 3.63) is 18.7 Å². The van der Waals surface area contributed by atoms with Crippen molar-refractivity contribution in [3.63, 3.8) is 0 Å². The molecule has 36 valence electrons. The fourth-order valence-electron chi connectivity index (χ4n) is 0.192. The van der Waals surface area contributed by atoms with E-state index in [0.717, 1.165) is 0 Å². The van der Waals surface area contributed by atoms with E-state index in [2.05, 4.69) is 9.97 Å². The van der Waals surface area contributed by atoms with Crippen LogP contribution in [0.1, 0.15) is 8.85 Å². The maximum absolute atomic E-state index is 3.61. The maximum atomic E-state index is 3.61. The zero-order chi connectivity index (χ0) is 3.54. The third-order valence-electron chi connectivity index (χ3n) is 0.372. The Morgan fingerprint density at radius 2 is 2.29 bits per heavy atom. The summed E-state index contributed by atoms with van der Waals surface area (Å²) >= 11 is 0. The molecule has 0 bridgehead atoms. The molecule has 1 rings (SSSR count). The van der Waals surface area contributed by atoms with Crippen LogP contribution in [0.2, 0.25) is 0 Å². The van der Waals surface area contributed by atoms with E-state index in [4.69, 9.17) is 0 Å². The first-order chi connectivity index (χ1) is 2.50. The zero-order valence-electron chi connectivity index (χ0n) is 4.63. The molecule has 0 radical (unpaired) electrons. The summed E-state index contributed by atoms with van der Waals surface area (Å²) < 4.78 is 0. The fraction of sp³-hybridized carbons (Fsp3) is 0.250. The van der Waals surface area contributed by atoms with E-state index in [-0.39, 0.29) is 77.7 Å². The summed E-state index contributed by atoms with van der Waals surface area (Å²) in [6.07, 6.45) is 4.78. The Balaban J connectivity index is -0.0000000833. The van der Waals surface area contributed by atoms with Crippen LogP contribution in [0.4, 0.5) is 0 Å². The molecule has 0 saturated heterocycles. The molecular formula is C4H8CsN2-. The van der Waals surface area contributed by atoms with E-state index < -0.39 is 0 Å². The molecule has 0 aromatic carbocycles. The molecule has 0 unspecified atom stereocenters. The fourth-order valence-corrected chi connectivity index (χ4v) is 0.192. The topological polar surface area (TPSA) is 27.0 Å². The van der Waals surface area contributed by atoms with E-state index in [1.165, 1.54) is 6.33 Å². The van der Waals surface area contributed by atoms with Crippen molar-refractivity contribution in [1.82, 2.24) is 9.97 Å². The van der Waals surface area contributed by atoms with Gasteiger partial charge in [0.25, 0.3) is 0 Å². The average Bonchev–Trinajstić information content (AvgIpc) is 1.76. The maximum Gasteiger partial charge on any atom is 1.00 e. The number of imidazole rings is 1. The minimum Gasteiger partial charge on any atom is -1.00 e. The molecule has 0 saturated carbocycles. The van der Waals surface area contributed by atoms with Crippen LogP contribution < -0.4 is 73.9 Å². The van der Waals surface area contributed by atoms with Crippen molar-refractivity contribution in [2.75, 3.05) is 0 Å². The van der Waals surface area contributed by atoms with Gasteiger partial charge in [-0.05, 0) is 0 Å². The van der Waals surface area contributed by atoms with Crippen molar-refractivity contribution in [1.29, 1.82) is 0 Å². The number of aromatic nitrogens is 2. The van der Waals surface area contributed by atoms with Crippen molar-refractivity contribution in [3.8, 4) is 0 Å². The Morgan fingerprint density at radius 1 is 1.57 bits per heavy atom. The number of nitrogens with zero attached hydrogens (tertiary/aromatic N) is 2. The van der Waals surface area contributed by atoms with Gasteiger partial charge in [0, 0.05) is 0 Å². The molecule has 3 heteroatoms. The molecule has 0 aliphatic carbocycles. The van der Waals surface area contributed by atoms with Crippen LogP contribution in [0, 0.1) is 0 Å². The first kappa shape index (κ1) is 11.1. The van der Waals surface area contributed by atoms with E-state index in [1.807, 2.05) is 0 Å². The normalized spacial score (nSPS) is 5.71. The van der Waals surface area contributed by atoms with Gasteiger partial charge in [0.1, 0.15) is 0 Å². The molecule has 1 aromatic heterocycles. The third kappa shape index (κ3) is 5.13. The van der Waals surface area contributed by atoms with Crippen molar-refractivity contribution < 1.29 is 70.3 Å². The van der Waals surface area contributed by atoms with Gasteiger partial charge in [0.15, 0.2) is 0 Å². The van der Waals surface area contributed by atoms with Crippen molar-refractivity contribution in [2.24, 2.45) is 0 Å². The summed E-state index contributed by atoms with van der Waals surface area (Å²) in [5, 5.41) is 0. The van der Waals surface area contributed by atoms with Crippen LogP contribution in [0.3, 0.4) is 0 Å². The van der Waals surface area contributed by atoms with E-state index in [1.54, 1.807) is 12.4 Å². The second-order valence-electron chi connectivity index (χ2n) is 0.712. The monoisotopic (exact) mass is 217 g/mol. The van der Waals surface area contributed by atoms with Gasteiger partial charge in [-0.3, -0.25) is 0 Å². The van der Waals surface area contributed by atoms with Crippen LogP contribution in [0.15, 0.2) is 18.7 Å². The largest absolute Gasteiger partial charge is 1.00 e. The quantitative estimate of drug-likeness (QED) is 0.492. The first-order valence-corrected chi connectivity index (χ1v) is 1.37. The van der Waals surface area contributed by atoms with Crippen molar-refractivity contribution in [2.45, 2.75) is 7.43 Å². The second kappa shape index (κ2) is 7.26. The smallest absolute Gasteiger partial charge is 1.00 e. The Hall–Kier alpha value is 1.26. The van der Waals surface area contributed by atoms with Gasteiger partial charge < -0.3 is 11.4 Å². The number of hydrogen-bond acceptors (Lipinski definition) is 1. The molecule has 7 heavy (non-hydrogen) atoms. The van der Waals surface area contributed by atoms with Gasteiger partial charge in [0.05, 0.1) is 0 Å². The Labute approximate surface area is 104 Å². The minimum absolute atomic E-state index is 0. The summed E-state index contributed by atoms with van der Waals surface area (Å²) in [5.41, 5.74) is 0. The summed E-state index contributed by atoms with van der Waals surface area (Å²) in [5.74, 6) is 0. The number of hydrogen-bond donors (Lipinski definition) is 0. The number of rotatable bonds is 0. The van der Waals surface area contributed by atoms with Gasteiger partial charge in [-0.25, -0.2) is 0 Å². The van der Waals surface area contributed by atoms with Gasteiger partial charge >= 0.3 is 68.9 Å². The predicted molar refractivity (Wildman–Crippen MR) is 25.4 cm³/mol. The molecule has 1 aromatic rings. The summed E-state index contributed by atoms with van der Waals surface area (Å²) in [6, 6.07) is 0. The average molecular weight is 217 g/mol. The van der Waals surface area contributed by atoms with E-state index >= 15 is 0 Å². The molecule has 2 nitrogen and oxygen atoms in total. The molecule has 0 N–H and O–H groups in total. The van der Waals surface area contributed by atoms with Crippen LogP contribution in [0.25, 0.3) is 0 Å². The van der Waals surface area contributed by atoms with Crippen LogP contribution in [-0.4, -0.2) is 4.98 Å². The Morgan fingerprint density at radius 3 is 2.43 bits per heavy atom. The van der Waals surface area contributed by atoms with E-state index in [9.17, 15) is 0 Å². The molecular weight excluding hydrogens is 209 g/mol. The molecule has 0 aliphatic rings. The second-order valence-corrected chi connectivity index (χ2v) is 0.712. The van der Waals surface area contributed by atoms with Crippen molar-refractivity contribution >= 4 is 0 Å².